The molecule has 0 radical (unpaired) electrons. The van der Waals surface area contributed by atoms with Crippen molar-refractivity contribution < 1.29 is 14.7 Å². The molecule has 0 aliphatic carbocycles. The third-order valence-corrected chi connectivity index (χ3v) is 3.37. The molecule has 1 aromatic heterocycles. The number of carboxylic acids is 1. The Morgan fingerprint density at radius 3 is 2.47 bits per heavy atom. The highest BCUT2D eigenvalue weighted by Gasteiger charge is 2.40. The Labute approximate surface area is 111 Å². The summed E-state index contributed by atoms with van der Waals surface area (Å²) in [5.74, 6) is -1.24. The molecule has 0 spiro atoms. The second kappa shape index (κ2) is 5.00. The topological polar surface area (TPSA) is 110 Å². The first-order valence-electron chi connectivity index (χ1n) is 5.88. The lowest BCUT2D eigenvalue weighted by atomic mass is 9.74. The Balaban J connectivity index is 2.78. The van der Waals surface area contributed by atoms with Crippen molar-refractivity contribution in [3.8, 4) is 0 Å². The SMILES string of the molecule is CC(C)(N)C(C)(C)C(=O)Nc1cnn(CC(=O)O)c1. The van der Waals surface area contributed by atoms with Gasteiger partial charge in [0.25, 0.3) is 0 Å². The Morgan fingerprint density at radius 1 is 1.42 bits per heavy atom. The fourth-order valence-electron chi connectivity index (χ4n) is 1.23. The predicted octanol–water partition coefficient (Wildman–Crippen LogP) is 0.670. The third-order valence-electron chi connectivity index (χ3n) is 3.37. The van der Waals surface area contributed by atoms with Gasteiger partial charge in [0.1, 0.15) is 6.54 Å². The summed E-state index contributed by atoms with van der Waals surface area (Å²) in [6.07, 6.45) is 2.87. The van der Waals surface area contributed by atoms with E-state index in [9.17, 15) is 9.59 Å². The van der Waals surface area contributed by atoms with E-state index in [1.807, 2.05) is 0 Å². The van der Waals surface area contributed by atoms with Crippen molar-refractivity contribution in [3.05, 3.63) is 12.4 Å². The monoisotopic (exact) mass is 268 g/mol. The van der Waals surface area contributed by atoms with Crippen molar-refractivity contribution in [2.45, 2.75) is 39.8 Å². The lowest BCUT2D eigenvalue weighted by molar-refractivity contribution is -0.137. The van der Waals surface area contributed by atoms with Gasteiger partial charge in [-0.2, -0.15) is 5.10 Å². The molecule has 4 N–H and O–H groups in total. The predicted molar refractivity (Wildman–Crippen MR) is 70.5 cm³/mol. The second-order valence-electron chi connectivity index (χ2n) is 5.62. The smallest absolute Gasteiger partial charge is 0.325 e. The average Bonchev–Trinajstić information content (AvgIpc) is 2.62. The number of amides is 1. The van der Waals surface area contributed by atoms with Crippen molar-refractivity contribution in [1.29, 1.82) is 0 Å². The number of nitrogens with one attached hydrogen (secondary N) is 1. The molecule has 1 amide bonds. The molecule has 1 rings (SSSR count). The van der Waals surface area contributed by atoms with E-state index in [1.54, 1.807) is 27.7 Å². The summed E-state index contributed by atoms with van der Waals surface area (Å²) in [5.41, 5.74) is 4.97. The number of carboxylic acid groups (broad SMARTS) is 1. The van der Waals surface area contributed by atoms with Crippen LogP contribution in [0, 0.1) is 5.41 Å². The zero-order valence-corrected chi connectivity index (χ0v) is 11.6. The van der Waals surface area contributed by atoms with Crippen LogP contribution >= 0.6 is 0 Å². The fraction of sp³-hybridized carbons (Fsp3) is 0.583. The summed E-state index contributed by atoms with van der Waals surface area (Å²) >= 11 is 0. The molecule has 106 valence electrons. The van der Waals surface area contributed by atoms with E-state index in [2.05, 4.69) is 10.4 Å². The maximum Gasteiger partial charge on any atom is 0.325 e. The summed E-state index contributed by atoms with van der Waals surface area (Å²) in [7, 11) is 0. The van der Waals surface area contributed by atoms with Gasteiger partial charge in [-0.3, -0.25) is 14.3 Å². The van der Waals surface area contributed by atoms with E-state index in [4.69, 9.17) is 10.8 Å². The molecule has 1 aromatic rings. The number of hydrogen-bond donors (Lipinski definition) is 3. The van der Waals surface area contributed by atoms with Crippen LogP contribution in [0.25, 0.3) is 0 Å². The summed E-state index contributed by atoms with van der Waals surface area (Å²) in [6, 6.07) is 0. The highest BCUT2D eigenvalue weighted by Crippen LogP contribution is 2.29. The summed E-state index contributed by atoms with van der Waals surface area (Å²) in [5, 5.41) is 15.2. The minimum absolute atomic E-state index is 0.241. The summed E-state index contributed by atoms with van der Waals surface area (Å²) in [6.45, 7) is 6.82. The van der Waals surface area contributed by atoms with Crippen LogP contribution in [0.15, 0.2) is 12.4 Å². The number of aliphatic carboxylic acids is 1. The highest BCUT2D eigenvalue weighted by molar-refractivity contribution is 5.95. The molecule has 7 nitrogen and oxygen atoms in total. The summed E-state index contributed by atoms with van der Waals surface area (Å²) < 4.78 is 1.23. The molecular weight excluding hydrogens is 248 g/mol. The van der Waals surface area contributed by atoms with E-state index in [0.717, 1.165) is 0 Å². The van der Waals surface area contributed by atoms with Gasteiger partial charge in [0, 0.05) is 11.7 Å². The number of hydrogen-bond acceptors (Lipinski definition) is 4. The van der Waals surface area contributed by atoms with Crippen LogP contribution in [0.3, 0.4) is 0 Å². The summed E-state index contributed by atoms with van der Waals surface area (Å²) in [4.78, 5) is 22.7. The number of aromatic nitrogens is 2. The van der Waals surface area contributed by atoms with Gasteiger partial charge in [0.05, 0.1) is 17.3 Å². The zero-order valence-electron chi connectivity index (χ0n) is 11.6. The van der Waals surface area contributed by atoms with Crippen LogP contribution in [-0.2, 0) is 16.1 Å². The van der Waals surface area contributed by atoms with Crippen LogP contribution < -0.4 is 11.1 Å². The number of nitrogens with zero attached hydrogens (tertiary/aromatic N) is 2. The van der Waals surface area contributed by atoms with Crippen molar-refractivity contribution in [2.24, 2.45) is 11.1 Å². The average molecular weight is 268 g/mol. The quantitative estimate of drug-likeness (QED) is 0.727. The van der Waals surface area contributed by atoms with E-state index in [1.165, 1.54) is 17.1 Å². The third kappa shape index (κ3) is 3.54. The molecule has 0 saturated carbocycles. The van der Waals surface area contributed by atoms with Crippen LogP contribution in [0.2, 0.25) is 0 Å². The van der Waals surface area contributed by atoms with Crippen molar-refractivity contribution in [3.63, 3.8) is 0 Å². The number of nitrogens with two attached hydrogens (primary N) is 1. The molecule has 0 bridgehead atoms. The van der Waals surface area contributed by atoms with Crippen molar-refractivity contribution in [1.82, 2.24) is 9.78 Å². The minimum Gasteiger partial charge on any atom is -0.480 e. The fourth-order valence-corrected chi connectivity index (χ4v) is 1.23. The number of carbonyl (C=O) groups excluding carboxylic acids is 1. The molecule has 19 heavy (non-hydrogen) atoms. The van der Waals surface area contributed by atoms with Gasteiger partial charge in [-0.05, 0) is 27.7 Å². The zero-order chi connectivity index (χ0) is 14.8. The molecule has 0 fully saturated rings. The second-order valence-corrected chi connectivity index (χ2v) is 5.62. The van der Waals surface area contributed by atoms with Gasteiger partial charge >= 0.3 is 5.97 Å². The first-order chi connectivity index (χ1) is 8.54. The molecule has 7 heteroatoms. The van der Waals surface area contributed by atoms with Gasteiger partial charge in [0.15, 0.2) is 0 Å². The Morgan fingerprint density at radius 2 is 2.00 bits per heavy atom. The normalized spacial score (nSPS) is 12.3. The van der Waals surface area contributed by atoms with Crippen LogP contribution in [-0.4, -0.2) is 32.3 Å². The molecule has 0 unspecified atom stereocenters. The molecule has 0 aromatic carbocycles. The van der Waals surface area contributed by atoms with E-state index in [-0.39, 0.29) is 12.5 Å². The molecule has 0 aliphatic rings. The molecular formula is C12H20N4O3. The van der Waals surface area contributed by atoms with Gasteiger partial charge in [-0.15, -0.1) is 0 Å². The number of rotatable bonds is 5. The lowest BCUT2D eigenvalue weighted by Crippen LogP contribution is -2.53. The minimum atomic E-state index is -0.996. The Kier molecular flexibility index (Phi) is 4.00. The van der Waals surface area contributed by atoms with E-state index in [0.29, 0.717) is 5.69 Å². The maximum atomic E-state index is 12.2. The lowest BCUT2D eigenvalue weighted by Gasteiger charge is -2.36. The van der Waals surface area contributed by atoms with Crippen LogP contribution in [0.1, 0.15) is 27.7 Å². The van der Waals surface area contributed by atoms with Gasteiger partial charge in [-0.1, -0.05) is 0 Å². The maximum absolute atomic E-state index is 12.2. The molecule has 0 aliphatic heterocycles. The highest BCUT2D eigenvalue weighted by atomic mass is 16.4. The number of carbonyl (C=O) groups is 2. The first-order valence-corrected chi connectivity index (χ1v) is 5.88. The Bertz CT molecular complexity index is 485. The molecule has 0 saturated heterocycles. The van der Waals surface area contributed by atoms with E-state index < -0.39 is 16.9 Å². The standard InChI is InChI=1S/C12H20N4O3/c1-11(2,12(3,4)13)10(19)15-8-5-14-16(6-8)7-9(17)18/h5-6H,7,13H2,1-4H3,(H,15,19)(H,17,18). The van der Waals surface area contributed by atoms with Crippen molar-refractivity contribution in [2.75, 3.05) is 5.32 Å². The van der Waals surface area contributed by atoms with Crippen LogP contribution in [0.4, 0.5) is 5.69 Å². The van der Waals surface area contributed by atoms with Crippen molar-refractivity contribution >= 4 is 17.6 Å². The molecule has 1 heterocycles. The first kappa shape index (κ1) is 15.2. The van der Waals surface area contributed by atoms with Crippen LogP contribution in [0.5, 0.6) is 0 Å². The van der Waals surface area contributed by atoms with Gasteiger partial charge < -0.3 is 16.2 Å². The van der Waals surface area contributed by atoms with E-state index >= 15 is 0 Å². The number of anilines is 1. The Hall–Kier alpha value is -1.89. The van der Waals surface area contributed by atoms with Gasteiger partial charge in [-0.25, -0.2) is 0 Å². The largest absolute Gasteiger partial charge is 0.480 e. The van der Waals surface area contributed by atoms with Gasteiger partial charge in [0.2, 0.25) is 5.91 Å². The molecule has 0 atom stereocenters.